The van der Waals surface area contributed by atoms with Crippen molar-refractivity contribution >= 4 is 23.5 Å². The summed E-state index contributed by atoms with van der Waals surface area (Å²) >= 11 is 0. The highest BCUT2D eigenvalue weighted by atomic mass is 31.3. The Morgan fingerprint density at radius 3 is 1.85 bits per heavy atom. The Hall–Kier alpha value is 0.330. The zero-order valence-electron chi connectivity index (χ0n) is 15.4. The van der Waals surface area contributed by atoms with Crippen molar-refractivity contribution in [3.8, 4) is 0 Å². The monoisotopic (exact) mass is 443 g/mol. The van der Waals surface area contributed by atoms with E-state index >= 15 is 0 Å². The summed E-state index contributed by atoms with van der Waals surface area (Å²) in [5, 5.41) is 9.50. The van der Waals surface area contributed by atoms with Gasteiger partial charge in [-0.05, 0) is 6.92 Å². The summed E-state index contributed by atoms with van der Waals surface area (Å²) in [7, 11) is -15.9. The molecule has 1 heterocycles. The van der Waals surface area contributed by atoms with Crippen LogP contribution in [0.5, 0.6) is 0 Å². The summed E-state index contributed by atoms with van der Waals surface area (Å²) in [6.07, 6.45) is -2.09. The fourth-order valence-electron chi connectivity index (χ4n) is 1.57. The van der Waals surface area contributed by atoms with Crippen molar-refractivity contribution in [1.82, 2.24) is 0 Å². The number of aliphatic hydroxyl groups excluding tert-OH is 1. The fraction of sp³-hybridized carbons (Fsp3) is 1.00. The number of rotatable bonds is 8. The second-order valence-electron chi connectivity index (χ2n) is 4.27. The lowest BCUT2D eigenvalue weighted by atomic mass is 10.1. The van der Waals surface area contributed by atoms with Crippen LogP contribution in [-0.4, -0.2) is 37.1 Å². The predicted octanol–water partition coefficient (Wildman–Crippen LogP) is 0.678. The number of aliphatic hydroxyl groups is 1. The predicted molar refractivity (Wildman–Crippen MR) is 85.6 cm³/mol. The molecule has 15 heteroatoms. The summed E-state index contributed by atoms with van der Waals surface area (Å²) in [4.78, 5) is 33.3. The number of phosphoric ester groups is 2. The average Bonchev–Trinajstić information content (AvgIpc) is 2.85. The number of phosphoric acid groups is 3. The van der Waals surface area contributed by atoms with Crippen LogP contribution in [0.4, 0.5) is 0 Å². The van der Waals surface area contributed by atoms with Crippen LogP contribution >= 0.6 is 23.5 Å². The molecule has 1 rings (SSSR count). The van der Waals surface area contributed by atoms with Crippen LogP contribution in [0.2, 0.25) is 0 Å². The van der Waals surface area contributed by atoms with Crippen LogP contribution in [0.1, 0.15) is 41.0 Å². The second kappa shape index (κ2) is 12.7. The fourth-order valence-corrected chi connectivity index (χ4v) is 4.70. The van der Waals surface area contributed by atoms with E-state index in [0.717, 1.165) is 0 Å². The van der Waals surface area contributed by atoms with Crippen molar-refractivity contribution in [3.63, 3.8) is 0 Å². The number of hydrogen-bond donors (Lipinski definition) is 1. The zero-order valence-corrected chi connectivity index (χ0v) is 18.1. The van der Waals surface area contributed by atoms with Crippen molar-refractivity contribution < 1.29 is 55.9 Å². The Morgan fingerprint density at radius 2 is 1.46 bits per heavy atom. The van der Waals surface area contributed by atoms with Gasteiger partial charge in [-0.1, -0.05) is 27.7 Å². The summed E-state index contributed by atoms with van der Waals surface area (Å²) in [6.45, 7) is 8.91. The summed E-state index contributed by atoms with van der Waals surface area (Å²) in [5.74, 6) is 0. The van der Waals surface area contributed by atoms with Gasteiger partial charge in [0.2, 0.25) is 0 Å². The minimum absolute atomic E-state index is 0.244. The largest absolute Gasteiger partial charge is 0.756 e. The maximum Gasteiger partial charge on any atom is 0.280 e. The molecule has 0 aliphatic carbocycles. The Bertz CT molecular complexity index is 527. The Kier molecular flexibility index (Phi) is 14.0. The van der Waals surface area contributed by atoms with Crippen LogP contribution in [-0.2, 0) is 36.1 Å². The van der Waals surface area contributed by atoms with Gasteiger partial charge in [-0.15, -0.1) is 0 Å². The third-order valence-electron chi connectivity index (χ3n) is 2.43. The van der Waals surface area contributed by atoms with Gasteiger partial charge in [0.05, 0.1) is 18.8 Å². The Balaban J connectivity index is 0. The quantitative estimate of drug-likeness (QED) is 0.518. The van der Waals surface area contributed by atoms with Crippen molar-refractivity contribution in [2.45, 2.75) is 59.4 Å². The van der Waals surface area contributed by atoms with E-state index in [0.29, 0.717) is 7.11 Å². The lowest BCUT2D eigenvalue weighted by molar-refractivity contribution is -0.251. The summed E-state index contributed by atoms with van der Waals surface area (Å²) < 4.78 is 53.3. The molecular formula is C11H26O12P3-3. The molecule has 0 aromatic heterocycles. The van der Waals surface area contributed by atoms with E-state index in [2.05, 4.69) is 17.7 Å². The Labute approximate surface area is 153 Å². The van der Waals surface area contributed by atoms with E-state index in [1.807, 2.05) is 27.7 Å². The first-order valence-electron chi connectivity index (χ1n) is 7.75. The topological polar surface area (TPSA) is 187 Å². The van der Waals surface area contributed by atoms with Crippen LogP contribution in [0.3, 0.4) is 0 Å². The molecule has 0 amide bonds. The van der Waals surface area contributed by atoms with E-state index in [4.69, 9.17) is 4.74 Å². The molecule has 1 aliphatic rings. The standard InChI is InChI=1S/C7H17O12P3.2C2H6/c1-5-3-6(8)7(17-5)4-16-21(11,12)19-22(13,14)18-20(9,10)15-2;2*1-2/h5-8H,3-4H2,1-2H3,(H,9,10)(H,11,12)(H,13,14);2*1-2H3/p-3/t5-,6?,7+;;/m0../s1. The maximum atomic E-state index is 11.3. The number of hydrogen-bond acceptors (Lipinski definition) is 12. The molecule has 1 saturated heterocycles. The molecule has 1 aliphatic heterocycles. The first kappa shape index (κ1) is 28.5. The minimum Gasteiger partial charge on any atom is -0.756 e. The van der Waals surface area contributed by atoms with Gasteiger partial charge in [-0.2, -0.15) is 0 Å². The molecule has 1 fully saturated rings. The van der Waals surface area contributed by atoms with Crippen LogP contribution in [0.25, 0.3) is 0 Å². The van der Waals surface area contributed by atoms with Gasteiger partial charge in [-0.3, -0.25) is 13.7 Å². The molecule has 160 valence electrons. The van der Waals surface area contributed by atoms with Crippen LogP contribution < -0.4 is 14.7 Å². The van der Waals surface area contributed by atoms with E-state index in [-0.39, 0.29) is 12.5 Å². The smallest absolute Gasteiger partial charge is 0.280 e. The van der Waals surface area contributed by atoms with Gasteiger partial charge in [0, 0.05) is 13.5 Å². The maximum absolute atomic E-state index is 11.3. The zero-order chi connectivity index (χ0) is 21.2. The van der Waals surface area contributed by atoms with Crippen molar-refractivity contribution in [2.75, 3.05) is 13.7 Å². The molecule has 12 nitrogen and oxygen atoms in total. The Morgan fingerprint density at radius 1 is 1.00 bits per heavy atom. The molecule has 1 N–H and O–H groups in total. The normalized spacial score (nSPS) is 29.1. The lowest BCUT2D eigenvalue weighted by Gasteiger charge is -2.34. The molecule has 0 bridgehead atoms. The van der Waals surface area contributed by atoms with Crippen molar-refractivity contribution in [3.05, 3.63) is 0 Å². The van der Waals surface area contributed by atoms with Crippen LogP contribution in [0.15, 0.2) is 0 Å². The molecule has 4 unspecified atom stereocenters. The molecule has 26 heavy (non-hydrogen) atoms. The van der Waals surface area contributed by atoms with E-state index < -0.39 is 42.3 Å². The van der Waals surface area contributed by atoms with Gasteiger partial charge in [-0.25, -0.2) is 8.62 Å². The molecule has 0 aromatic carbocycles. The molecule has 6 atom stereocenters. The lowest BCUT2D eigenvalue weighted by Crippen LogP contribution is -2.27. The van der Waals surface area contributed by atoms with Gasteiger partial charge < -0.3 is 33.6 Å². The first-order chi connectivity index (χ1) is 11.9. The van der Waals surface area contributed by atoms with Crippen molar-refractivity contribution in [1.29, 1.82) is 0 Å². The van der Waals surface area contributed by atoms with Gasteiger partial charge in [0.15, 0.2) is 0 Å². The van der Waals surface area contributed by atoms with Crippen LogP contribution in [0, 0.1) is 0 Å². The van der Waals surface area contributed by atoms with Crippen molar-refractivity contribution in [2.24, 2.45) is 0 Å². The summed E-state index contributed by atoms with van der Waals surface area (Å²) in [6, 6.07) is 0. The highest BCUT2D eigenvalue weighted by Gasteiger charge is 2.33. The minimum atomic E-state index is -5.80. The molecular weight excluding hydrogens is 417 g/mol. The van der Waals surface area contributed by atoms with Gasteiger partial charge in [0.1, 0.15) is 6.10 Å². The summed E-state index contributed by atoms with van der Waals surface area (Å²) in [5.41, 5.74) is 0. The molecule has 0 spiro atoms. The first-order valence-corrected chi connectivity index (χ1v) is 12.1. The van der Waals surface area contributed by atoms with E-state index in [1.54, 1.807) is 6.92 Å². The molecule has 0 saturated carbocycles. The van der Waals surface area contributed by atoms with Gasteiger partial charge in [0.25, 0.3) is 23.5 Å². The highest BCUT2D eigenvalue weighted by Crippen LogP contribution is 2.62. The second-order valence-corrected chi connectivity index (χ2v) is 8.88. The third kappa shape index (κ3) is 11.9. The SMILES string of the molecule is CC.CC.COP(=O)([O-])OP(=O)([O-])OP(=O)([O-])OC[C@H]1O[C@@H](C)CC1O. The van der Waals surface area contributed by atoms with Gasteiger partial charge >= 0.3 is 0 Å². The van der Waals surface area contributed by atoms with E-state index in [1.165, 1.54) is 0 Å². The molecule has 0 aromatic rings. The van der Waals surface area contributed by atoms with E-state index in [9.17, 15) is 33.5 Å². The molecule has 0 radical (unpaired) electrons. The average molecular weight is 443 g/mol. The third-order valence-corrected chi connectivity index (χ3v) is 6.54. The highest BCUT2D eigenvalue weighted by molar-refractivity contribution is 7.65. The number of ether oxygens (including phenoxy) is 1.